The van der Waals surface area contributed by atoms with Gasteiger partial charge in [0.15, 0.2) is 0 Å². The van der Waals surface area contributed by atoms with Gasteiger partial charge >= 0.3 is 5.97 Å². The van der Waals surface area contributed by atoms with Crippen LogP contribution in [0.15, 0.2) is 24.3 Å². The van der Waals surface area contributed by atoms with E-state index in [1.165, 1.54) is 12.7 Å². The molecule has 2 N–H and O–H groups in total. The second kappa shape index (κ2) is 9.20. The number of ether oxygens (including phenoxy) is 1. The van der Waals surface area contributed by atoms with Gasteiger partial charge in [-0.25, -0.2) is 4.79 Å². The minimum absolute atomic E-state index is 0.0442. The van der Waals surface area contributed by atoms with Crippen molar-refractivity contribution in [2.75, 3.05) is 13.7 Å². The van der Waals surface area contributed by atoms with Gasteiger partial charge in [-0.3, -0.25) is 4.79 Å². The van der Waals surface area contributed by atoms with E-state index in [1.54, 1.807) is 0 Å². The maximum Gasteiger partial charge on any atom is 0.326 e. The van der Waals surface area contributed by atoms with E-state index in [-0.39, 0.29) is 24.7 Å². The molecule has 0 saturated carbocycles. The first-order valence-corrected chi connectivity index (χ1v) is 7.57. The van der Waals surface area contributed by atoms with E-state index in [1.807, 2.05) is 19.1 Å². The van der Waals surface area contributed by atoms with Crippen molar-refractivity contribution in [3.8, 4) is 0 Å². The van der Waals surface area contributed by atoms with E-state index in [0.29, 0.717) is 6.61 Å². The van der Waals surface area contributed by atoms with E-state index in [0.717, 1.165) is 12.0 Å². The summed E-state index contributed by atoms with van der Waals surface area (Å²) < 4.78 is 4.86. The summed E-state index contributed by atoms with van der Waals surface area (Å²) in [5.74, 6) is -1.25. The Kier molecular flexibility index (Phi) is 7.60. The van der Waals surface area contributed by atoms with Crippen LogP contribution in [0.3, 0.4) is 0 Å². The molecule has 0 aromatic heterocycles. The number of hydrogen-bond donors (Lipinski definition) is 2. The number of aryl methyl sites for hydroxylation is 1. The van der Waals surface area contributed by atoms with Gasteiger partial charge in [0.25, 0.3) is 0 Å². The predicted molar refractivity (Wildman–Crippen MR) is 84.9 cm³/mol. The van der Waals surface area contributed by atoms with Gasteiger partial charge in [0.1, 0.15) is 6.04 Å². The van der Waals surface area contributed by atoms with Crippen molar-refractivity contribution < 1.29 is 19.4 Å². The summed E-state index contributed by atoms with van der Waals surface area (Å²) in [6, 6.07) is 7.26. The number of methoxy groups -OCH3 is 1. The van der Waals surface area contributed by atoms with Crippen LogP contribution < -0.4 is 5.32 Å². The third kappa shape index (κ3) is 5.85. The number of nitrogens with one attached hydrogen (secondary N) is 1. The molecule has 0 saturated heterocycles. The Balaban J connectivity index is 2.56. The zero-order chi connectivity index (χ0) is 16.5. The molecule has 5 nitrogen and oxygen atoms in total. The molecule has 0 aliphatic rings. The van der Waals surface area contributed by atoms with E-state index >= 15 is 0 Å². The molecule has 5 heteroatoms. The first-order chi connectivity index (χ1) is 10.5. The normalized spacial score (nSPS) is 13.4. The van der Waals surface area contributed by atoms with Gasteiger partial charge in [0.2, 0.25) is 5.91 Å². The summed E-state index contributed by atoms with van der Waals surface area (Å²) in [6.45, 7) is 4.36. The standard InChI is InChI=1S/C17H25NO4/c1-4-13-5-7-14(8-6-13)12(2)11-16(19)18-15(17(20)21)9-10-22-3/h5-8,12,15H,4,9-11H2,1-3H3,(H,18,19)(H,20,21). The van der Waals surface area contributed by atoms with Crippen LogP contribution in [0, 0.1) is 0 Å². The third-order valence-corrected chi connectivity index (χ3v) is 3.69. The number of rotatable bonds is 9. The average molecular weight is 307 g/mol. The fourth-order valence-corrected chi connectivity index (χ4v) is 2.22. The lowest BCUT2D eigenvalue weighted by molar-refractivity contribution is -0.142. The second-order valence-electron chi connectivity index (χ2n) is 5.44. The molecule has 122 valence electrons. The predicted octanol–water partition coefficient (Wildman–Crippen LogP) is 2.35. The van der Waals surface area contributed by atoms with Gasteiger partial charge in [-0.2, -0.15) is 0 Å². The number of carboxylic acids is 1. The molecule has 2 atom stereocenters. The zero-order valence-corrected chi connectivity index (χ0v) is 13.5. The Morgan fingerprint density at radius 1 is 1.27 bits per heavy atom. The maximum atomic E-state index is 12.0. The van der Waals surface area contributed by atoms with Gasteiger partial charge in [-0.1, -0.05) is 38.1 Å². The number of benzene rings is 1. The van der Waals surface area contributed by atoms with Crippen LogP contribution in [0.1, 0.15) is 43.7 Å². The fourth-order valence-electron chi connectivity index (χ4n) is 2.22. The van der Waals surface area contributed by atoms with Crippen LogP contribution in [-0.4, -0.2) is 36.7 Å². The molecule has 22 heavy (non-hydrogen) atoms. The van der Waals surface area contributed by atoms with Crippen molar-refractivity contribution in [2.24, 2.45) is 0 Å². The van der Waals surface area contributed by atoms with E-state index in [9.17, 15) is 9.59 Å². The van der Waals surface area contributed by atoms with Gasteiger partial charge in [0, 0.05) is 26.6 Å². The molecule has 0 bridgehead atoms. The van der Waals surface area contributed by atoms with Gasteiger partial charge in [0.05, 0.1) is 0 Å². The zero-order valence-electron chi connectivity index (χ0n) is 13.5. The summed E-state index contributed by atoms with van der Waals surface area (Å²) in [7, 11) is 1.50. The molecule has 2 unspecified atom stereocenters. The van der Waals surface area contributed by atoms with Crippen molar-refractivity contribution >= 4 is 11.9 Å². The molecule has 1 aromatic carbocycles. The summed E-state index contributed by atoms with van der Waals surface area (Å²) in [5.41, 5.74) is 2.34. The highest BCUT2D eigenvalue weighted by molar-refractivity contribution is 5.83. The fraction of sp³-hybridized carbons (Fsp3) is 0.529. The Hall–Kier alpha value is -1.88. The van der Waals surface area contributed by atoms with Crippen LogP contribution in [0.25, 0.3) is 0 Å². The lowest BCUT2D eigenvalue weighted by Crippen LogP contribution is -2.41. The van der Waals surface area contributed by atoms with Crippen LogP contribution in [-0.2, 0) is 20.7 Å². The van der Waals surface area contributed by atoms with Crippen LogP contribution in [0.2, 0.25) is 0 Å². The highest BCUT2D eigenvalue weighted by Gasteiger charge is 2.20. The molecule has 0 aliphatic heterocycles. The number of carbonyl (C=O) groups is 2. The lowest BCUT2D eigenvalue weighted by Gasteiger charge is -2.17. The van der Waals surface area contributed by atoms with Crippen molar-refractivity contribution in [3.05, 3.63) is 35.4 Å². The summed E-state index contributed by atoms with van der Waals surface area (Å²) >= 11 is 0. The van der Waals surface area contributed by atoms with Crippen molar-refractivity contribution in [3.63, 3.8) is 0 Å². The molecule has 0 aliphatic carbocycles. The van der Waals surface area contributed by atoms with Crippen molar-refractivity contribution in [1.29, 1.82) is 0 Å². The number of hydrogen-bond acceptors (Lipinski definition) is 3. The highest BCUT2D eigenvalue weighted by Crippen LogP contribution is 2.19. The topological polar surface area (TPSA) is 75.6 Å². The van der Waals surface area contributed by atoms with E-state index in [4.69, 9.17) is 9.84 Å². The first kappa shape index (κ1) is 18.2. The number of amides is 1. The van der Waals surface area contributed by atoms with E-state index < -0.39 is 12.0 Å². The number of carbonyl (C=O) groups excluding carboxylic acids is 1. The average Bonchev–Trinajstić information content (AvgIpc) is 2.51. The summed E-state index contributed by atoms with van der Waals surface area (Å²) in [4.78, 5) is 23.1. The van der Waals surface area contributed by atoms with Crippen LogP contribution in [0.5, 0.6) is 0 Å². The Bertz CT molecular complexity index is 484. The minimum Gasteiger partial charge on any atom is -0.480 e. The van der Waals surface area contributed by atoms with Gasteiger partial charge < -0.3 is 15.2 Å². The van der Waals surface area contributed by atoms with E-state index in [2.05, 4.69) is 24.4 Å². The minimum atomic E-state index is -1.04. The second-order valence-corrected chi connectivity index (χ2v) is 5.44. The van der Waals surface area contributed by atoms with Gasteiger partial charge in [-0.05, 0) is 23.5 Å². The molecule has 0 fully saturated rings. The molecule has 0 radical (unpaired) electrons. The third-order valence-electron chi connectivity index (χ3n) is 3.69. The molecule has 0 heterocycles. The highest BCUT2D eigenvalue weighted by atomic mass is 16.5. The van der Waals surface area contributed by atoms with Crippen molar-refractivity contribution in [2.45, 2.75) is 45.1 Å². The molecule has 1 aromatic rings. The van der Waals surface area contributed by atoms with Crippen LogP contribution >= 0.6 is 0 Å². The smallest absolute Gasteiger partial charge is 0.326 e. The summed E-state index contributed by atoms with van der Waals surface area (Å²) in [5, 5.41) is 11.6. The molecular weight excluding hydrogens is 282 g/mol. The number of aliphatic carboxylic acids is 1. The largest absolute Gasteiger partial charge is 0.480 e. The molecule has 1 rings (SSSR count). The quantitative estimate of drug-likeness (QED) is 0.734. The lowest BCUT2D eigenvalue weighted by atomic mass is 9.96. The molecule has 1 amide bonds. The first-order valence-electron chi connectivity index (χ1n) is 7.57. The molecular formula is C17H25NO4. The SMILES string of the molecule is CCc1ccc(C(C)CC(=O)NC(CCOC)C(=O)O)cc1. The molecule has 0 spiro atoms. The van der Waals surface area contributed by atoms with Crippen molar-refractivity contribution in [1.82, 2.24) is 5.32 Å². The maximum absolute atomic E-state index is 12.0. The van der Waals surface area contributed by atoms with Gasteiger partial charge in [-0.15, -0.1) is 0 Å². The monoisotopic (exact) mass is 307 g/mol. The Labute approximate surface area is 131 Å². The van der Waals surface area contributed by atoms with Crippen LogP contribution in [0.4, 0.5) is 0 Å². The number of carboxylic acid groups (broad SMARTS) is 1. The summed E-state index contributed by atoms with van der Waals surface area (Å²) in [6.07, 6.45) is 1.51. The Morgan fingerprint density at radius 3 is 2.41 bits per heavy atom. The Morgan fingerprint density at radius 2 is 1.91 bits per heavy atom.